The van der Waals surface area contributed by atoms with E-state index in [0.29, 0.717) is 43.1 Å². The Bertz CT molecular complexity index is 806. The van der Waals surface area contributed by atoms with Gasteiger partial charge in [0.05, 0.1) is 35.4 Å². The van der Waals surface area contributed by atoms with Gasteiger partial charge in [0.2, 0.25) is 15.9 Å². The molecule has 0 atom stereocenters. The number of likely N-dealkylation sites (N-methyl/N-ethyl adjacent to an activating group) is 1. The van der Waals surface area contributed by atoms with Crippen LogP contribution in [0.3, 0.4) is 0 Å². The first-order chi connectivity index (χ1) is 13.9. The number of nitrogens with one attached hydrogen (secondary N) is 1. The van der Waals surface area contributed by atoms with Crippen LogP contribution >= 0.6 is 11.6 Å². The predicted molar refractivity (Wildman–Crippen MR) is 114 cm³/mol. The zero-order valence-corrected chi connectivity index (χ0v) is 18.5. The number of morpholine rings is 1. The number of amides is 1. The third kappa shape index (κ3) is 5.70. The van der Waals surface area contributed by atoms with Crippen LogP contribution in [0.2, 0.25) is 5.02 Å². The first kappa shape index (κ1) is 22.5. The summed E-state index contributed by atoms with van der Waals surface area (Å²) in [6, 6.07) is 4.87. The Labute approximate surface area is 178 Å². The zero-order chi connectivity index (χ0) is 20.9. The van der Waals surface area contributed by atoms with E-state index < -0.39 is 10.0 Å². The van der Waals surface area contributed by atoms with Gasteiger partial charge in [-0.25, -0.2) is 8.42 Å². The molecule has 1 amide bonds. The predicted octanol–water partition coefficient (Wildman–Crippen LogP) is 2.95. The minimum absolute atomic E-state index is 0.124. The fourth-order valence-corrected chi connectivity index (χ4v) is 5.62. The number of hydrogen-bond acceptors (Lipinski definition) is 5. The fourth-order valence-electron chi connectivity index (χ4n) is 4.02. The standard InChI is InChI=1S/C20H30ClN3O4S/c1-2-23(16-6-4-3-5-7-16)15-20(25)22-19-14-17(8-9-18(19)21)29(26,27)24-10-12-28-13-11-24/h8-9,14,16H,2-7,10-13,15H2,1H3,(H,22,25). The second-order valence-corrected chi connectivity index (χ2v) is 9.91. The van der Waals surface area contributed by atoms with Crippen LogP contribution in [0.15, 0.2) is 23.1 Å². The maximum Gasteiger partial charge on any atom is 0.243 e. The lowest BCUT2D eigenvalue weighted by molar-refractivity contribution is -0.118. The smallest absolute Gasteiger partial charge is 0.243 e. The molecule has 2 fully saturated rings. The van der Waals surface area contributed by atoms with Gasteiger partial charge in [0, 0.05) is 19.1 Å². The molecule has 2 aliphatic rings. The summed E-state index contributed by atoms with van der Waals surface area (Å²) in [6.45, 7) is 4.54. The number of sulfonamides is 1. The van der Waals surface area contributed by atoms with Crippen molar-refractivity contribution in [2.24, 2.45) is 0 Å². The molecule has 1 heterocycles. The van der Waals surface area contributed by atoms with Crippen molar-refractivity contribution >= 4 is 33.2 Å². The summed E-state index contributed by atoms with van der Waals surface area (Å²) < 4.78 is 32.4. The van der Waals surface area contributed by atoms with Gasteiger partial charge in [0.15, 0.2) is 0 Å². The summed E-state index contributed by atoms with van der Waals surface area (Å²) in [4.78, 5) is 15.0. The van der Waals surface area contributed by atoms with Crippen molar-refractivity contribution in [1.29, 1.82) is 0 Å². The van der Waals surface area contributed by atoms with Crippen molar-refractivity contribution in [3.05, 3.63) is 23.2 Å². The molecule has 162 valence electrons. The van der Waals surface area contributed by atoms with Crippen molar-refractivity contribution in [1.82, 2.24) is 9.21 Å². The Balaban J connectivity index is 1.70. The van der Waals surface area contributed by atoms with Crippen LogP contribution in [0.1, 0.15) is 39.0 Å². The minimum Gasteiger partial charge on any atom is -0.379 e. The number of hydrogen-bond donors (Lipinski definition) is 1. The second-order valence-electron chi connectivity index (χ2n) is 7.56. The maximum atomic E-state index is 12.9. The van der Waals surface area contributed by atoms with Gasteiger partial charge in [-0.15, -0.1) is 0 Å². The number of benzene rings is 1. The number of nitrogens with zero attached hydrogens (tertiary/aromatic N) is 2. The molecular weight excluding hydrogens is 414 g/mol. The molecule has 9 heteroatoms. The molecule has 1 saturated heterocycles. The summed E-state index contributed by atoms with van der Waals surface area (Å²) >= 11 is 6.24. The number of carbonyl (C=O) groups excluding carboxylic acids is 1. The Morgan fingerprint density at radius 3 is 2.59 bits per heavy atom. The minimum atomic E-state index is -3.65. The number of ether oxygens (including phenoxy) is 1. The molecule has 1 N–H and O–H groups in total. The van der Waals surface area contributed by atoms with E-state index in [-0.39, 0.29) is 17.3 Å². The number of rotatable bonds is 7. The monoisotopic (exact) mass is 443 g/mol. The lowest BCUT2D eigenvalue weighted by Crippen LogP contribution is -2.41. The fraction of sp³-hybridized carbons (Fsp3) is 0.650. The molecule has 0 radical (unpaired) electrons. The molecule has 3 rings (SSSR count). The molecular formula is C20H30ClN3O4S. The molecule has 0 unspecified atom stereocenters. The van der Waals surface area contributed by atoms with Crippen LogP contribution in [0, 0.1) is 0 Å². The van der Waals surface area contributed by atoms with Gasteiger partial charge < -0.3 is 10.1 Å². The van der Waals surface area contributed by atoms with Gasteiger partial charge >= 0.3 is 0 Å². The molecule has 1 aromatic carbocycles. The van der Waals surface area contributed by atoms with E-state index in [9.17, 15) is 13.2 Å². The quantitative estimate of drug-likeness (QED) is 0.700. The van der Waals surface area contributed by atoms with Crippen molar-refractivity contribution in [2.75, 3.05) is 44.7 Å². The number of carbonyl (C=O) groups is 1. The van der Waals surface area contributed by atoms with E-state index in [1.165, 1.54) is 41.8 Å². The van der Waals surface area contributed by atoms with E-state index >= 15 is 0 Å². The Morgan fingerprint density at radius 2 is 1.93 bits per heavy atom. The average Bonchev–Trinajstić information content (AvgIpc) is 2.74. The van der Waals surface area contributed by atoms with E-state index in [1.54, 1.807) is 0 Å². The Kier molecular flexibility index (Phi) is 7.92. The highest BCUT2D eigenvalue weighted by atomic mass is 35.5. The van der Waals surface area contributed by atoms with Crippen LogP contribution < -0.4 is 5.32 Å². The van der Waals surface area contributed by atoms with Crippen molar-refractivity contribution < 1.29 is 17.9 Å². The van der Waals surface area contributed by atoms with Gasteiger partial charge in [-0.2, -0.15) is 4.31 Å². The average molecular weight is 444 g/mol. The van der Waals surface area contributed by atoms with Crippen LogP contribution in [0.25, 0.3) is 0 Å². The first-order valence-electron chi connectivity index (χ1n) is 10.3. The molecule has 0 spiro atoms. The van der Waals surface area contributed by atoms with E-state index in [0.717, 1.165) is 19.4 Å². The van der Waals surface area contributed by atoms with Crippen LogP contribution in [0.5, 0.6) is 0 Å². The number of halogens is 1. The summed E-state index contributed by atoms with van der Waals surface area (Å²) in [6.07, 6.45) is 5.91. The van der Waals surface area contributed by atoms with Crippen molar-refractivity contribution in [2.45, 2.75) is 50.0 Å². The maximum absolute atomic E-state index is 12.9. The molecule has 1 aromatic rings. The van der Waals surface area contributed by atoms with Gasteiger partial charge in [-0.3, -0.25) is 9.69 Å². The molecule has 29 heavy (non-hydrogen) atoms. The largest absolute Gasteiger partial charge is 0.379 e. The highest BCUT2D eigenvalue weighted by molar-refractivity contribution is 7.89. The first-order valence-corrected chi connectivity index (χ1v) is 12.1. The molecule has 1 aliphatic carbocycles. The van der Waals surface area contributed by atoms with E-state index in [4.69, 9.17) is 16.3 Å². The Hall–Kier alpha value is -1.19. The lowest BCUT2D eigenvalue weighted by atomic mass is 9.94. The van der Waals surface area contributed by atoms with Crippen LogP contribution in [-0.4, -0.2) is 69.0 Å². The van der Waals surface area contributed by atoms with Crippen LogP contribution in [0.4, 0.5) is 5.69 Å². The molecule has 1 saturated carbocycles. The highest BCUT2D eigenvalue weighted by Crippen LogP contribution is 2.28. The zero-order valence-electron chi connectivity index (χ0n) is 16.9. The van der Waals surface area contributed by atoms with E-state index in [1.807, 2.05) is 0 Å². The molecule has 1 aliphatic heterocycles. The highest BCUT2D eigenvalue weighted by Gasteiger charge is 2.27. The lowest BCUT2D eigenvalue weighted by Gasteiger charge is -2.33. The van der Waals surface area contributed by atoms with Gasteiger partial charge in [0.25, 0.3) is 0 Å². The van der Waals surface area contributed by atoms with Crippen molar-refractivity contribution in [3.8, 4) is 0 Å². The summed E-state index contributed by atoms with van der Waals surface area (Å²) in [5.41, 5.74) is 0.325. The third-order valence-corrected chi connectivity index (χ3v) is 7.89. The van der Waals surface area contributed by atoms with Crippen LogP contribution in [-0.2, 0) is 19.6 Å². The molecule has 0 aromatic heterocycles. The van der Waals surface area contributed by atoms with E-state index in [2.05, 4.69) is 17.1 Å². The van der Waals surface area contributed by atoms with Gasteiger partial charge in [-0.05, 0) is 37.6 Å². The molecule has 7 nitrogen and oxygen atoms in total. The number of anilines is 1. The summed E-state index contributed by atoms with van der Waals surface area (Å²) in [5, 5.41) is 3.13. The third-order valence-electron chi connectivity index (χ3n) is 5.66. The molecule has 0 bridgehead atoms. The summed E-state index contributed by atoms with van der Waals surface area (Å²) in [5.74, 6) is -0.180. The Morgan fingerprint density at radius 1 is 1.24 bits per heavy atom. The topological polar surface area (TPSA) is 79.0 Å². The summed E-state index contributed by atoms with van der Waals surface area (Å²) in [7, 11) is -3.65. The SMILES string of the molecule is CCN(CC(=O)Nc1cc(S(=O)(=O)N2CCOCC2)ccc1Cl)C1CCCCC1. The van der Waals surface area contributed by atoms with Gasteiger partial charge in [0.1, 0.15) is 0 Å². The second kappa shape index (κ2) is 10.2. The normalized spacial score (nSPS) is 19.4. The van der Waals surface area contributed by atoms with Crippen molar-refractivity contribution in [3.63, 3.8) is 0 Å². The van der Waals surface area contributed by atoms with Gasteiger partial charge in [-0.1, -0.05) is 37.8 Å².